The van der Waals surface area contributed by atoms with E-state index in [1.807, 2.05) is 6.92 Å². The molecule has 0 unspecified atom stereocenters. The van der Waals surface area contributed by atoms with Crippen LogP contribution in [0.25, 0.3) is 0 Å². The van der Waals surface area contributed by atoms with E-state index in [1.54, 1.807) is 7.05 Å². The third-order valence-electron chi connectivity index (χ3n) is 0.994. The van der Waals surface area contributed by atoms with Gasteiger partial charge >= 0.3 is 5.97 Å². The molecule has 0 atom stereocenters. The van der Waals surface area contributed by atoms with Crippen LogP contribution in [-0.2, 0) is 14.3 Å². The summed E-state index contributed by atoms with van der Waals surface area (Å²) in [6.45, 7) is 1.79. The maximum absolute atomic E-state index is 10.1. The van der Waals surface area contributed by atoms with Crippen LogP contribution in [0.1, 0.15) is 13.3 Å². The number of methoxy groups -OCH3 is 1. The zero-order chi connectivity index (χ0) is 9.98. The van der Waals surface area contributed by atoms with Gasteiger partial charge < -0.3 is 15.8 Å². The second-order valence-corrected chi connectivity index (χ2v) is 1.81. The quantitative estimate of drug-likeness (QED) is 0.543. The average Bonchev–Trinajstić information content (AvgIpc) is 2.16. The maximum Gasteiger partial charge on any atom is 0.319 e. The van der Waals surface area contributed by atoms with Crippen LogP contribution in [0.15, 0.2) is 0 Å². The molecular formula is C7H16N2O3. The molecule has 0 radical (unpaired) electrons. The van der Waals surface area contributed by atoms with Crippen LogP contribution >= 0.6 is 0 Å². The number of hydrogen-bond donors (Lipinski definition) is 2. The van der Waals surface area contributed by atoms with Gasteiger partial charge in [0.2, 0.25) is 5.91 Å². The minimum Gasteiger partial charge on any atom is -0.468 e. The average molecular weight is 176 g/mol. The summed E-state index contributed by atoms with van der Waals surface area (Å²) < 4.78 is 4.14. The van der Waals surface area contributed by atoms with Crippen molar-refractivity contribution in [3.8, 4) is 0 Å². The minimum atomic E-state index is -0.380. The van der Waals surface area contributed by atoms with Crippen molar-refractivity contribution in [2.45, 2.75) is 13.3 Å². The summed E-state index contributed by atoms with van der Waals surface area (Å²) in [5.41, 5.74) is 4.81. The molecule has 0 aromatic heterocycles. The van der Waals surface area contributed by atoms with Crippen molar-refractivity contribution in [3.05, 3.63) is 0 Å². The Bertz CT molecular complexity index is 109. The van der Waals surface area contributed by atoms with Gasteiger partial charge in [0.15, 0.2) is 0 Å². The largest absolute Gasteiger partial charge is 0.468 e. The van der Waals surface area contributed by atoms with Gasteiger partial charge in [0.25, 0.3) is 0 Å². The normalized spacial score (nSPS) is 7.67. The first-order chi connectivity index (χ1) is 5.62. The SMILES string of the molecule is CCC(=O)NC.COC(=O)CN. The van der Waals surface area contributed by atoms with E-state index in [4.69, 9.17) is 5.73 Å². The van der Waals surface area contributed by atoms with Crippen molar-refractivity contribution in [2.75, 3.05) is 20.7 Å². The summed E-state index contributed by atoms with van der Waals surface area (Å²) in [5, 5.41) is 2.48. The van der Waals surface area contributed by atoms with Crippen LogP contribution in [-0.4, -0.2) is 32.6 Å². The van der Waals surface area contributed by atoms with Crippen LogP contribution in [0.3, 0.4) is 0 Å². The summed E-state index contributed by atoms with van der Waals surface area (Å²) >= 11 is 0. The fraction of sp³-hybridized carbons (Fsp3) is 0.714. The number of carbonyl (C=O) groups excluding carboxylic acids is 2. The molecule has 0 heterocycles. The predicted octanol–water partition coefficient (Wildman–Crippen LogP) is -0.739. The van der Waals surface area contributed by atoms with Gasteiger partial charge in [-0.15, -0.1) is 0 Å². The lowest BCUT2D eigenvalue weighted by atomic mass is 10.5. The van der Waals surface area contributed by atoms with Gasteiger partial charge in [-0.3, -0.25) is 9.59 Å². The van der Waals surface area contributed by atoms with E-state index in [9.17, 15) is 9.59 Å². The van der Waals surface area contributed by atoms with Crippen molar-refractivity contribution >= 4 is 11.9 Å². The third-order valence-corrected chi connectivity index (χ3v) is 0.994. The molecule has 72 valence electrons. The Labute approximate surface area is 72.3 Å². The molecule has 0 bridgehead atoms. The Morgan fingerprint density at radius 2 is 2.00 bits per heavy atom. The summed E-state index contributed by atoms with van der Waals surface area (Å²) in [6, 6.07) is 0. The molecule has 0 aromatic carbocycles. The molecule has 0 saturated heterocycles. The molecule has 0 aliphatic heterocycles. The number of carbonyl (C=O) groups is 2. The monoisotopic (exact) mass is 176 g/mol. The van der Waals surface area contributed by atoms with E-state index >= 15 is 0 Å². The highest BCUT2D eigenvalue weighted by Gasteiger charge is 1.87. The summed E-state index contributed by atoms with van der Waals surface area (Å²) in [4.78, 5) is 19.9. The molecule has 0 fully saturated rings. The first kappa shape index (κ1) is 13.5. The molecule has 0 aliphatic rings. The van der Waals surface area contributed by atoms with E-state index in [2.05, 4.69) is 10.1 Å². The molecule has 5 heteroatoms. The zero-order valence-corrected chi connectivity index (χ0v) is 7.72. The minimum absolute atomic E-state index is 0.0312. The Kier molecular flexibility index (Phi) is 11.1. The summed E-state index contributed by atoms with van der Waals surface area (Å²) in [7, 11) is 2.93. The first-order valence-corrected chi connectivity index (χ1v) is 3.59. The van der Waals surface area contributed by atoms with E-state index in [0.717, 1.165) is 0 Å². The second-order valence-electron chi connectivity index (χ2n) is 1.81. The van der Waals surface area contributed by atoms with Gasteiger partial charge in [0.1, 0.15) is 0 Å². The van der Waals surface area contributed by atoms with Crippen LogP contribution in [0.2, 0.25) is 0 Å². The highest BCUT2D eigenvalue weighted by Crippen LogP contribution is 1.68. The Morgan fingerprint density at radius 3 is 2.00 bits per heavy atom. The van der Waals surface area contributed by atoms with Gasteiger partial charge in [0, 0.05) is 13.5 Å². The van der Waals surface area contributed by atoms with Gasteiger partial charge in [-0.25, -0.2) is 0 Å². The van der Waals surface area contributed by atoms with Gasteiger partial charge in [-0.2, -0.15) is 0 Å². The molecule has 3 N–H and O–H groups in total. The number of nitrogens with one attached hydrogen (secondary N) is 1. The smallest absolute Gasteiger partial charge is 0.319 e. The van der Waals surface area contributed by atoms with Crippen molar-refractivity contribution in [1.29, 1.82) is 0 Å². The van der Waals surface area contributed by atoms with Crippen LogP contribution < -0.4 is 11.1 Å². The summed E-state index contributed by atoms with van der Waals surface area (Å²) in [6.07, 6.45) is 0.580. The molecule has 0 spiro atoms. The Balaban J connectivity index is 0. The van der Waals surface area contributed by atoms with E-state index in [0.29, 0.717) is 6.42 Å². The maximum atomic E-state index is 10.1. The number of esters is 1. The topological polar surface area (TPSA) is 81.4 Å². The van der Waals surface area contributed by atoms with Crippen molar-refractivity contribution in [1.82, 2.24) is 5.32 Å². The molecule has 1 amide bonds. The predicted molar refractivity (Wildman–Crippen MR) is 45.4 cm³/mol. The number of nitrogens with two attached hydrogens (primary N) is 1. The fourth-order valence-corrected chi connectivity index (χ4v) is 0.260. The third kappa shape index (κ3) is 11.7. The van der Waals surface area contributed by atoms with E-state index in [1.165, 1.54) is 7.11 Å². The fourth-order valence-electron chi connectivity index (χ4n) is 0.260. The van der Waals surface area contributed by atoms with Gasteiger partial charge in [-0.05, 0) is 0 Å². The van der Waals surface area contributed by atoms with E-state index in [-0.39, 0.29) is 18.4 Å². The van der Waals surface area contributed by atoms with E-state index < -0.39 is 0 Å². The molecular weight excluding hydrogens is 160 g/mol. The van der Waals surface area contributed by atoms with Crippen molar-refractivity contribution < 1.29 is 14.3 Å². The molecule has 0 saturated carbocycles. The molecule has 0 rings (SSSR count). The molecule has 0 aromatic rings. The summed E-state index contributed by atoms with van der Waals surface area (Å²) in [5.74, 6) is -0.287. The number of rotatable bonds is 2. The number of ether oxygens (including phenoxy) is 1. The van der Waals surface area contributed by atoms with Gasteiger partial charge in [0.05, 0.1) is 13.7 Å². The van der Waals surface area contributed by atoms with Crippen LogP contribution in [0, 0.1) is 0 Å². The lowest BCUT2D eigenvalue weighted by molar-refractivity contribution is -0.138. The lowest BCUT2D eigenvalue weighted by Gasteiger charge is -1.87. The van der Waals surface area contributed by atoms with Crippen molar-refractivity contribution in [2.24, 2.45) is 5.73 Å². The van der Waals surface area contributed by atoms with Crippen LogP contribution in [0.4, 0.5) is 0 Å². The van der Waals surface area contributed by atoms with Crippen LogP contribution in [0.5, 0.6) is 0 Å². The number of hydrogen-bond acceptors (Lipinski definition) is 4. The lowest BCUT2D eigenvalue weighted by Crippen LogP contribution is -2.15. The Morgan fingerprint density at radius 1 is 1.50 bits per heavy atom. The zero-order valence-electron chi connectivity index (χ0n) is 7.72. The number of amides is 1. The molecule has 12 heavy (non-hydrogen) atoms. The molecule has 0 aliphatic carbocycles. The van der Waals surface area contributed by atoms with Crippen molar-refractivity contribution in [3.63, 3.8) is 0 Å². The highest BCUT2D eigenvalue weighted by atomic mass is 16.5. The first-order valence-electron chi connectivity index (χ1n) is 3.59. The van der Waals surface area contributed by atoms with Gasteiger partial charge in [-0.1, -0.05) is 6.92 Å². The standard InChI is InChI=1S/C4H9NO.C3H7NO2/c1-3-4(6)5-2;1-6-3(5)2-4/h3H2,1-2H3,(H,5,6);2,4H2,1H3. The Hall–Kier alpha value is -1.10. The highest BCUT2D eigenvalue weighted by molar-refractivity contribution is 5.75. The molecule has 5 nitrogen and oxygen atoms in total. The second kappa shape index (κ2) is 9.90.